The molecule has 0 bridgehead atoms. The Labute approximate surface area is 185 Å². The number of hydrogen-bond donors (Lipinski definition) is 2. The first kappa shape index (κ1) is 25.0. The highest BCUT2D eigenvalue weighted by molar-refractivity contribution is 6.74. The van der Waals surface area contributed by atoms with Crippen molar-refractivity contribution < 1.29 is 14.3 Å². The van der Waals surface area contributed by atoms with Crippen LogP contribution < -0.4 is 5.73 Å². The van der Waals surface area contributed by atoms with Gasteiger partial charge in [0.25, 0.3) is 0 Å². The van der Waals surface area contributed by atoms with Gasteiger partial charge in [0.05, 0.1) is 25.4 Å². The number of alkyl halides is 1. The molecule has 2 heterocycles. The lowest BCUT2D eigenvalue weighted by Crippen LogP contribution is -2.43. The quantitative estimate of drug-likeness (QED) is 0.204. The molecule has 1 fully saturated rings. The van der Waals surface area contributed by atoms with Gasteiger partial charge >= 0.3 is 0 Å². The number of aliphatic imine (C=N–C) groups is 2. The van der Waals surface area contributed by atoms with Gasteiger partial charge in [0, 0.05) is 20.5 Å². The fourth-order valence-corrected chi connectivity index (χ4v) is 3.87. The molecule has 11 heteroatoms. The van der Waals surface area contributed by atoms with E-state index in [9.17, 15) is 5.11 Å². The van der Waals surface area contributed by atoms with Crippen molar-refractivity contribution in [2.45, 2.75) is 69.3 Å². The molecule has 0 spiro atoms. The van der Waals surface area contributed by atoms with E-state index in [0.717, 1.165) is 0 Å². The molecule has 2 rings (SSSR count). The minimum Gasteiger partial charge on any atom is -0.414 e. The predicted molar refractivity (Wildman–Crippen MR) is 123 cm³/mol. The van der Waals surface area contributed by atoms with E-state index in [-0.39, 0.29) is 5.04 Å². The monoisotopic (exact) mass is 458 g/mol. The van der Waals surface area contributed by atoms with Crippen LogP contribution in [0, 0.1) is 0 Å². The summed E-state index contributed by atoms with van der Waals surface area (Å²) in [6.07, 6.45) is 3.46. The molecule has 170 valence electrons. The zero-order valence-corrected chi connectivity index (χ0v) is 20.7. The number of hydrogen-bond acceptors (Lipinski definition) is 6. The molecule has 3 N–H and O–H groups in total. The third-order valence-corrected chi connectivity index (χ3v) is 10.2. The van der Waals surface area contributed by atoms with E-state index in [0.29, 0.717) is 24.5 Å². The number of imidazole rings is 1. The molecule has 0 aliphatic carbocycles. The molecular weight excluding hydrogens is 424 g/mol. The maximum Gasteiger partial charge on any atom is 0.192 e. The van der Waals surface area contributed by atoms with E-state index < -0.39 is 32.3 Å². The summed E-state index contributed by atoms with van der Waals surface area (Å²) in [4.78, 5) is 14.6. The number of halogens is 1. The van der Waals surface area contributed by atoms with E-state index in [1.165, 1.54) is 6.34 Å². The standard InChI is InChI=1S/C19H35ClN6O3Si/c1-19(2,3)30(6,7)28-9-14-13(27)8-15(29-14)26-12-24-16(17(20)21)18(26)23-10-22-11-25(4)5/h10-15,17,27H,8-9,21H2,1-7H3. The van der Waals surface area contributed by atoms with Crippen LogP contribution in [-0.4, -0.2) is 73.5 Å². The Bertz CT molecular complexity index is 760. The Morgan fingerprint density at radius 3 is 2.73 bits per heavy atom. The van der Waals surface area contributed by atoms with Gasteiger partial charge in [-0.25, -0.2) is 15.0 Å². The fourth-order valence-electron chi connectivity index (χ4n) is 2.70. The average Bonchev–Trinajstić information content (AvgIpc) is 3.19. The number of nitrogens with zero attached hydrogens (tertiary/aromatic N) is 5. The van der Waals surface area contributed by atoms with Gasteiger partial charge in [-0.2, -0.15) is 0 Å². The Balaban J connectivity index is 2.16. The van der Waals surface area contributed by atoms with Crippen LogP contribution in [0.25, 0.3) is 0 Å². The molecule has 1 aliphatic heterocycles. The van der Waals surface area contributed by atoms with Gasteiger partial charge in [0.15, 0.2) is 14.1 Å². The van der Waals surface area contributed by atoms with Crippen molar-refractivity contribution in [3.63, 3.8) is 0 Å². The van der Waals surface area contributed by atoms with Crippen molar-refractivity contribution in [2.24, 2.45) is 15.7 Å². The summed E-state index contributed by atoms with van der Waals surface area (Å²) in [7, 11) is 1.78. The van der Waals surface area contributed by atoms with Crippen LogP contribution in [-0.2, 0) is 9.16 Å². The highest BCUT2D eigenvalue weighted by Gasteiger charge is 2.41. The molecule has 1 aromatic heterocycles. The van der Waals surface area contributed by atoms with Gasteiger partial charge in [0.1, 0.15) is 29.9 Å². The van der Waals surface area contributed by atoms with Crippen LogP contribution in [0.15, 0.2) is 16.3 Å². The Morgan fingerprint density at radius 1 is 1.50 bits per heavy atom. The zero-order valence-electron chi connectivity index (χ0n) is 18.9. The highest BCUT2D eigenvalue weighted by atomic mass is 35.5. The second-order valence-corrected chi connectivity index (χ2v) is 14.5. The van der Waals surface area contributed by atoms with E-state index in [1.54, 1.807) is 22.1 Å². The van der Waals surface area contributed by atoms with Crippen molar-refractivity contribution in [1.82, 2.24) is 14.5 Å². The maximum absolute atomic E-state index is 10.6. The van der Waals surface area contributed by atoms with Crippen molar-refractivity contribution in [3.05, 3.63) is 12.0 Å². The molecule has 1 saturated heterocycles. The molecule has 4 atom stereocenters. The molecule has 9 nitrogen and oxygen atoms in total. The van der Waals surface area contributed by atoms with Crippen LogP contribution in [0.5, 0.6) is 0 Å². The van der Waals surface area contributed by atoms with Crippen molar-refractivity contribution in [2.75, 3.05) is 20.7 Å². The van der Waals surface area contributed by atoms with Gasteiger partial charge in [0.2, 0.25) is 0 Å². The highest BCUT2D eigenvalue weighted by Crippen LogP contribution is 2.39. The van der Waals surface area contributed by atoms with Gasteiger partial charge < -0.3 is 24.9 Å². The molecule has 0 saturated carbocycles. The number of nitrogens with two attached hydrogens (primary N) is 1. The lowest BCUT2D eigenvalue weighted by Gasteiger charge is -2.37. The summed E-state index contributed by atoms with van der Waals surface area (Å²) < 4.78 is 14.1. The number of aliphatic hydroxyl groups is 1. The number of aliphatic hydroxyl groups excluding tert-OH is 1. The van der Waals surface area contributed by atoms with Gasteiger partial charge in [-0.3, -0.25) is 4.57 Å². The lowest BCUT2D eigenvalue weighted by molar-refractivity contribution is -0.0411. The molecule has 30 heavy (non-hydrogen) atoms. The SMILES string of the molecule is CN(C)C=NC=Nc1c(C(N)Cl)ncn1C1CC(O)C(CO[Si](C)(C)C(C)(C)C)O1. The number of aromatic nitrogens is 2. The Kier molecular flexibility index (Phi) is 8.22. The van der Waals surface area contributed by atoms with Gasteiger partial charge in [-0.15, -0.1) is 0 Å². The second kappa shape index (κ2) is 9.88. The van der Waals surface area contributed by atoms with Crippen molar-refractivity contribution in [1.29, 1.82) is 0 Å². The van der Waals surface area contributed by atoms with E-state index in [4.69, 9.17) is 26.5 Å². The minimum absolute atomic E-state index is 0.0840. The molecule has 0 aromatic carbocycles. The van der Waals surface area contributed by atoms with Crippen molar-refractivity contribution >= 4 is 38.4 Å². The topological polar surface area (TPSA) is 110 Å². The maximum atomic E-state index is 10.6. The van der Waals surface area contributed by atoms with Crippen LogP contribution in [0.3, 0.4) is 0 Å². The molecular formula is C19H35ClN6O3Si. The van der Waals surface area contributed by atoms with Crippen LogP contribution in [0.4, 0.5) is 5.82 Å². The third-order valence-electron chi connectivity index (χ3n) is 5.53. The number of rotatable bonds is 8. The van der Waals surface area contributed by atoms with Crippen LogP contribution >= 0.6 is 11.6 Å². The first-order valence-electron chi connectivity index (χ1n) is 9.99. The third kappa shape index (κ3) is 6.11. The summed E-state index contributed by atoms with van der Waals surface area (Å²) in [5, 5.41) is 10.6. The van der Waals surface area contributed by atoms with Crippen molar-refractivity contribution in [3.8, 4) is 0 Å². The normalized spacial score (nSPS) is 24.3. The van der Waals surface area contributed by atoms with Gasteiger partial charge in [-0.05, 0) is 18.1 Å². The Hall–Kier alpha value is -1.30. The average molecular weight is 459 g/mol. The summed E-state index contributed by atoms with van der Waals surface area (Å²) in [6.45, 7) is 11.2. The molecule has 1 aliphatic rings. The number of ether oxygens (including phenoxy) is 1. The summed E-state index contributed by atoms with van der Waals surface area (Å²) in [5.41, 5.74) is 5.44. The fraction of sp³-hybridized carbons (Fsp3) is 0.737. The molecule has 1 aromatic rings. The first-order chi connectivity index (χ1) is 13.8. The van der Waals surface area contributed by atoms with Crippen LogP contribution in [0.1, 0.15) is 44.6 Å². The minimum atomic E-state index is -1.94. The molecule has 0 amide bonds. The second-order valence-electron chi connectivity index (χ2n) is 9.24. The molecule has 4 unspecified atom stereocenters. The summed E-state index contributed by atoms with van der Waals surface area (Å²) in [6, 6.07) is 0. The van der Waals surface area contributed by atoms with E-state index >= 15 is 0 Å². The lowest BCUT2D eigenvalue weighted by atomic mass is 10.2. The summed E-state index contributed by atoms with van der Waals surface area (Å²) >= 11 is 6.07. The zero-order chi connectivity index (χ0) is 22.7. The first-order valence-corrected chi connectivity index (χ1v) is 13.3. The predicted octanol–water partition coefficient (Wildman–Crippen LogP) is 3.00. The smallest absolute Gasteiger partial charge is 0.192 e. The largest absolute Gasteiger partial charge is 0.414 e. The van der Waals surface area contributed by atoms with Crippen LogP contribution in [0.2, 0.25) is 18.1 Å². The summed E-state index contributed by atoms with van der Waals surface area (Å²) in [5.74, 6) is 0.455. The molecule has 0 radical (unpaired) electrons. The van der Waals surface area contributed by atoms with E-state index in [1.807, 2.05) is 14.1 Å². The van der Waals surface area contributed by atoms with E-state index in [2.05, 4.69) is 48.8 Å². The van der Waals surface area contributed by atoms with Gasteiger partial charge in [-0.1, -0.05) is 32.4 Å². The Morgan fingerprint density at radius 2 is 2.17 bits per heavy atom.